The van der Waals surface area contributed by atoms with E-state index in [0.29, 0.717) is 12.0 Å². The minimum atomic E-state index is -0.911. The van der Waals surface area contributed by atoms with Gasteiger partial charge >= 0.3 is 5.97 Å². The molecule has 1 aromatic heterocycles. The van der Waals surface area contributed by atoms with E-state index in [2.05, 4.69) is 23.8 Å². The summed E-state index contributed by atoms with van der Waals surface area (Å²) in [6.45, 7) is 6.66. The zero-order valence-electron chi connectivity index (χ0n) is 11.3. The lowest BCUT2D eigenvalue weighted by atomic mass is 10.0. The van der Waals surface area contributed by atoms with Crippen LogP contribution < -0.4 is 0 Å². The van der Waals surface area contributed by atoms with Gasteiger partial charge in [0.15, 0.2) is 0 Å². The predicted molar refractivity (Wildman–Crippen MR) is 68.7 cm³/mol. The first-order chi connectivity index (χ1) is 8.47. The normalized spacial score (nSPS) is 20.8. The van der Waals surface area contributed by atoms with Crippen LogP contribution in [0.5, 0.6) is 0 Å². The van der Waals surface area contributed by atoms with E-state index in [1.54, 1.807) is 13.1 Å². The second kappa shape index (κ2) is 5.10. The average molecular weight is 251 g/mol. The van der Waals surface area contributed by atoms with Crippen LogP contribution in [-0.2, 0) is 13.5 Å². The molecule has 2 heterocycles. The van der Waals surface area contributed by atoms with Crippen LogP contribution in [0.2, 0.25) is 0 Å². The van der Waals surface area contributed by atoms with Crippen LogP contribution in [0.25, 0.3) is 0 Å². The molecule has 1 atom stereocenters. The Morgan fingerprint density at radius 1 is 1.61 bits per heavy atom. The van der Waals surface area contributed by atoms with Crippen molar-refractivity contribution in [2.24, 2.45) is 13.0 Å². The average Bonchev–Trinajstić information content (AvgIpc) is 2.86. The van der Waals surface area contributed by atoms with Gasteiger partial charge in [0.2, 0.25) is 0 Å². The summed E-state index contributed by atoms with van der Waals surface area (Å²) in [4.78, 5) is 13.4. The molecular formula is C13H21N3O2. The second-order valence-electron chi connectivity index (χ2n) is 5.40. The third-order valence-corrected chi connectivity index (χ3v) is 3.69. The third-order valence-electron chi connectivity index (χ3n) is 3.69. The van der Waals surface area contributed by atoms with Crippen molar-refractivity contribution in [1.29, 1.82) is 0 Å². The van der Waals surface area contributed by atoms with Crippen LogP contribution in [0.4, 0.5) is 0 Å². The van der Waals surface area contributed by atoms with Gasteiger partial charge in [0.25, 0.3) is 0 Å². The summed E-state index contributed by atoms with van der Waals surface area (Å²) in [5.74, 6) is -0.310. The molecule has 1 aliphatic heterocycles. The molecule has 1 unspecified atom stereocenters. The lowest BCUT2D eigenvalue weighted by molar-refractivity contribution is 0.0685. The van der Waals surface area contributed by atoms with Crippen molar-refractivity contribution in [2.45, 2.75) is 32.7 Å². The van der Waals surface area contributed by atoms with Gasteiger partial charge in [0, 0.05) is 19.6 Å². The number of carboxylic acid groups (broad SMARTS) is 1. The molecule has 18 heavy (non-hydrogen) atoms. The van der Waals surface area contributed by atoms with E-state index in [-0.39, 0.29) is 5.69 Å². The number of carbonyl (C=O) groups is 1. The van der Waals surface area contributed by atoms with Gasteiger partial charge in [0.05, 0.1) is 5.69 Å². The Hall–Kier alpha value is -1.36. The SMILES string of the molecule is CC(C)N1CCC(Cc2cc(C(=O)O)n(C)n2)C1. The first-order valence-corrected chi connectivity index (χ1v) is 6.47. The number of aromatic nitrogens is 2. The largest absolute Gasteiger partial charge is 0.477 e. The topological polar surface area (TPSA) is 58.4 Å². The monoisotopic (exact) mass is 251 g/mol. The van der Waals surface area contributed by atoms with Gasteiger partial charge in [0.1, 0.15) is 5.69 Å². The number of hydrogen-bond acceptors (Lipinski definition) is 3. The Bertz CT molecular complexity index is 439. The molecule has 0 amide bonds. The minimum absolute atomic E-state index is 0.267. The number of aromatic carboxylic acids is 1. The predicted octanol–water partition coefficient (Wildman–Crippen LogP) is 1.39. The molecule has 1 aliphatic rings. The second-order valence-corrected chi connectivity index (χ2v) is 5.40. The number of rotatable bonds is 4. The first-order valence-electron chi connectivity index (χ1n) is 6.47. The summed E-state index contributed by atoms with van der Waals surface area (Å²) in [7, 11) is 1.68. The zero-order chi connectivity index (χ0) is 13.3. The van der Waals surface area contributed by atoms with Crippen molar-refractivity contribution in [2.75, 3.05) is 13.1 Å². The molecule has 0 aromatic carbocycles. The highest BCUT2D eigenvalue weighted by Crippen LogP contribution is 2.22. The molecule has 2 rings (SSSR count). The fourth-order valence-electron chi connectivity index (χ4n) is 2.62. The maximum atomic E-state index is 10.9. The van der Waals surface area contributed by atoms with Crippen molar-refractivity contribution < 1.29 is 9.90 Å². The minimum Gasteiger partial charge on any atom is -0.477 e. The molecule has 0 aliphatic carbocycles. The van der Waals surface area contributed by atoms with Gasteiger partial charge < -0.3 is 10.0 Å². The molecule has 100 valence electrons. The Labute approximate surface area is 107 Å². The van der Waals surface area contributed by atoms with Crippen molar-refractivity contribution >= 4 is 5.97 Å². The summed E-state index contributed by atoms with van der Waals surface area (Å²) in [6, 6.07) is 2.29. The van der Waals surface area contributed by atoms with Gasteiger partial charge in [-0.15, -0.1) is 0 Å². The lowest BCUT2D eigenvalue weighted by Crippen LogP contribution is -2.28. The molecule has 1 saturated heterocycles. The molecule has 0 radical (unpaired) electrons. The van der Waals surface area contributed by atoms with Crippen LogP contribution >= 0.6 is 0 Å². The van der Waals surface area contributed by atoms with Gasteiger partial charge in [-0.05, 0) is 45.2 Å². The fourth-order valence-corrected chi connectivity index (χ4v) is 2.62. The van der Waals surface area contributed by atoms with E-state index in [9.17, 15) is 4.79 Å². The molecule has 5 nitrogen and oxygen atoms in total. The number of hydrogen-bond donors (Lipinski definition) is 1. The highest BCUT2D eigenvalue weighted by molar-refractivity contribution is 5.85. The summed E-state index contributed by atoms with van der Waals surface area (Å²) in [6.07, 6.45) is 2.06. The standard InChI is InChI=1S/C13H21N3O2/c1-9(2)16-5-4-10(8-16)6-11-7-12(13(17)18)15(3)14-11/h7,9-10H,4-6,8H2,1-3H3,(H,17,18). The van der Waals surface area contributed by atoms with E-state index in [1.165, 1.54) is 11.1 Å². The molecule has 0 bridgehead atoms. The molecular weight excluding hydrogens is 230 g/mol. The van der Waals surface area contributed by atoms with Crippen LogP contribution in [0.3, 0.4) is 0 Å². The van der Waals surface area contributed by atoms with E-state index in [0.717, 1.165) is 25.2 Å². The zero-order valence-corrected chi connectivity index (χ0v) is 11.3. The van der Waals surface area contributed by atoms with E-state index in [1.807, 2.05) is 0 Å². The van der Waals surface area contributed by atoms with Gasteiger partial charge in [-0.3, -0.25) is 4.68 Å². The highest BCUT2D eigenvalue weighted by atomic mass is 16.4. The highest BCUT2D eigenvalue weighted by Gasteiger charge is 2.25. The first kappa shape index (κ1) is 13.1. The van der Waals surface area contributed by atoms with Crippen molar-refractivity contribution in [3.8, 4) is 0 Å². The number of carboxylic acids is 1. The molecule has 1 aromatic rings. The molecule has 0 spiro atoms. The summed E-state index contributed by atoms with van der Waals surface area (Å²) < 4.78 is 1.45. The van der Waals surface area contributed by atoms with Crippen molar-refractivity contribution in [1.82, 2.24) is 14.7 Å². The Morgan fingerprint density at radius 2 is 2.33 bits per heavy atom. The number of aryl methyl sites for hydroxylation is 1. The lowest BCUT2D eigenvalue weighted by Gasteiger charge is -2.19. The van der Waals surface area contributed by atoms with E-state index < -0.39 is 5.97 Å². The molecule has 1 N–H and O–H groups in total. The number of likely N-dealkylation sites (tertiary alicyclic amines) is 1. The summed E-state index contributed by atoms with van der Waals surface area (Å²) >= 11 is 0. The maximum absolute atomic E-state index is 10.9. The van der Waals surface area contributed by atoms with Crippen molar-refractivity contribution in [3.63, 3.8) is 0 Å². The fraction of sp³-hybridized carbons (Fsp3) is 0.692. The molecule has 1 fully saturated rings. The van der Waals surface area contributed by atoms with E-state index >= 15 is 0 Å². The third kappa shape index (κ3) is 2.72. The quantitative estimate of drug-likeness (QED) is 0.878. The Balaban J connectivity index is 1.99. The van der Waals surface area contributed by atoms with Gasteiger partial charge in [-0.25, -0.2) is 4.79 Å². The van der Waals surface area contributed by atoms with Crippen molar-refractivity contribution in [3.05, 3.63) is 17.5 Å². The van der Waals surface area contributed by atoms with Crippen LogP contribution in [0.15, 0.2) is 6.07 Å². The van der Waals surface area contributed by atoms with Gasteiger partial charge in [-0.1, -0.05) is 0 Å². The summed E-state index contributed by atoms with van der Waals surface area (Å²) in [5.41, 5.74) is 1.16. The Morgan fingerprint density at radius 3 is 2.83 bits per heavy atom. The molecule has 0 saturated carbocycles. The smallest absolute Gasteiger partial charge is 0.354 e. The van der Waals surface area contributed by atoms with Gasteiger partial charge in [-0.2, -0.15) is 5.10 Å². The van der Waals surface area contributed by atoms with E-state index in [4.69, 9.17) is 5.11 Å². The maximum Gasteiger partial charge on any atom is 0.354 e. The summed E-state index contributed by atoms with van der Waals surface area (Å²) in [5, 5.41) is 13.3. The van der Waals surface area contributed by atoms with Crippen LogP contribution in [-0.4, -0.2) is 44.9 Å². The number of nitrogens with zero attached hydrogens (tertiary/aromatic N) is 3. The van der Waals surface area contributed by atoms with Crippen LogP contribution in [0.1, 0.15) is 36.5 Å². The molecule has 5 heteroatoms. The Kier molecular flexibility index (Phi) is 3.71. The van der Waals surface area contributed by atoms with Crippen LogP contribution in [0, 0.1) is 5.92 Å².